The SMILES string of the molecule is CSc1ccc(CNCc2c(C(=O)O)c(C)n(Cc3ccc(Cl)cc3)c2C)cc1. The van der Waals surface area contributed by atoms with Crippen molar-refractivity contribution >= 4 is 29.3 Å². The highest BCUT2D eigenvalue weighted by molar-refractivity contribution is 7.98. The molecule has 0 bridgehead atoms. The molecule has 0 amide bonds. The molecule has 2 N–H and O–H groups in total. The van der Waals surface area contributed by atoms with Crippen LogP contribution in [-0.4, -0.2) is 21.9 Å². The fraction of sp³-hybridized carbons (Fsp3) is 0.261. The average molecular weight is 429 g/mol. The van der Waals surface area contributed by atoms with E-state index in [-0.39, 0.29) is 0 Å². The lowest BCUT2D eigenvalue weighted by Gasteiger charge is -2.11. The zero-order chi connectivity index (χ0) is 21.0. The van der Waals surface area contributed by atoms with E-state index in [9.17, 15) is 9.90 Å². The molecule has 2 aromatic carbocycles. The summed E-state index contributed by atoms with van der Waals surface area (Å²) in [7, 11) is 0. The Morgan fingerprint density at radius 2 is 1.62 bits per heavy atom. The zero-order valence-electron chi connectivity index (χ0n) is 16.8. The normalized spacial score (nSPS) is 11.0. The van der Waals surface area contributed by atoms with Gasteiger partial charge in [-0.05, 0) is 55.5 Å². The van der Waals surface area contributed by atoms with Gasteiger partial charge in [0.25, 0.3) is 0 Å². The number of nitrogens with one attached hydrogen (secondary N) is 1. The van der Waals surface area contributed by atoms with E-state index in [1.165, 1.54) is 10.5 Å². The van der Waals surface area contributed by atoms with E-state index in [1.54, 1.807) is 11.8 Å². The first-order valence-electron chi connectivity index (χ1n) is 9.40. The number of nitrogens with zero attached hydrogens (tertiary/aromatic N) is 1. The molecule has 0 radical (unpaired) electrons. The Kier molecular flexibility index (Phi) is 7.06. The van der Waals surface area contributed by atoms with Crippen LogP contribution in [0.4, 0.5) is 0 Å². The van der Waals surface area contributed by atoms with Crippen LogP contribution in [0.15, 0.2) is 53.4 Å². The number of carboxylic acid groups (broad SMARTS) is 1. The summed E-state index contributed by atoms with van der Waals surface area (Å²) in [4.78, 5) is 13.2. The fourth-order valence-electron chi connectivity index (χ4n) is 3.53. The highest BCUT2D eigenvalue weighted by Gasteiger charge is 2.22. The third-order valence-corrected chi connectivity index (χ3v) is 6.16. The second-order valence-corrected chi connectivity index (χ2v) is 8.31. The Morgan fingerprint density at radius 1 is 1.00 bits per heavy atom. The molecule has 0 aliphatic rings. The predicted molar refractivity (Wildman–Crippen MR) is 120 cm³/mol. The van der Waals surface area contributed by atoms with Crippen molar-refractivity contribution in [2.45, 2.75) is 38.4 Å². The average Bonchev–Trinajstić information content (AvgIpc) is 2.94. The monoisotopic (exact) mass is 428 g/mol. The third kappa shape index (κ3) is 5.04. The molecule has 0 aliphatic heterocycles. The molecule has 3 rings (SSSR count). The van der Waals surface area contributed by atoms with E-state index < -0.39 is 5.97 Å². The summed E-state index contributed by atoms with van der Waals surface area (Å²) in [6.07, 6.45) is 2.06. The van der Waals surface area contributed by atoms with Gasteiger partial charge in [-0.3, -0.25) is 0 Å². The van der Waals surface area contributed by atoms with Crippen molar-refractivity contribution in [2.75, 3.05) is 6.26 Å². The van der Waals surface area contributed by atoms with Crippen molar-refractivity contribution in [3.63, 3.8) is 0 Å². The largest absolute Gasteiger partial charge is 0.478 e. The van der Waals surface area contributed by atoms with Gasteiger partial charge in [-0.2, -0.15) is 0 Å². The number of carbonyl (C=O) groups is 1. The first-order valence-corrected chi connectivity index (χ1v) is 11.0. The van der Waals surface area contributed by atoms with Gasteiger partial charge in [-0.15, -0.1) is 11.8 Å². The second kappa shape index (κ2) is 9.53. The van der Waals surface area contributed by atoms with Crippen LogP contribution in [0.5, 0.6) is 0 Å². The van der Waals surface area contributed by atoms with Gasteiger partial charge in [0.1, 0.15) is 0 Å². The van der Waals surface area contributed by atoms with Crippen molar-refractivity contribution in [1.82, 2.24) is 9.88 Å². The molecular formula is C23H25ClN2O2S. The Balaban J connectivity index is 1.79. The molecule has 1 aromatic heterocycles. The summed E-state index contributed by atoms with van der Waals surface area (Å²) in [5.74, 6) is -0.887. The maximum absolute atomic E-state index is 11.9. The molecule has 0 saturated heterocycles. The van der Waals surface area contributed by atoms with Crippen molar-refractivity contribution in [3.05, 3.63) is 87.2 Å². The van der Waals surface area contributed by atoms with Crippen LogP contribution in [0.25, 0.3) is 0 Å². The number of carboxylic acids is 1. The minimum atomic E-state index is -0.887. The fourth-order valence-corrected chi connectivity index (χ4v) is 4.07. The molecule has 0 fully saturated rings. The number of aromatic nitrogens is 1. The molecule has 0 saturated carbocycles. The van der Waals surface area contributed by atoms with Crippen LogP contribution in [0.1, 0.15) is 38.4 Å². The van der Waals surface area contributed by atoms with E-state index in [1.807, 2.05) is 38.1 Å². The van der Waals surface area contributed by atoms with Crippen LogP contribution < -0.4 is 5.32 Å². The molecule has 0 atom stereocenters. The lowest BCUT2D eigenvalue weighted by molar-refractivity contribution is 0.0694. The lowest BCUT2D eigenvalue weighted by atomic mass is 10.1. The smallest absolute Gasteiger partial charge is 0.337 e. The number of hydrogen-bond donors (Lipinski definition) is 2. The molecule has 6 heteroatoms. The van der Waals surface area contributed by atoms with E-state index in [2.05, 4.69) is 40.4 Å². The maximum Gasteiger partial charge on any atom is 0.337 e. The minimum absolute atomic E-state index is 0.390. The molecular weight excluding hydrogens is 404 g/mol. The summed E-state index contributed by atoms with van der Waals surface area (Å²) >= 11 is 7.69. The van der Waals surface area contributed by atoms with Crippen LogP contribution in [0, 0.1) is 13.8 Å². The number of halogens is 1. The molecule has 29 heavy (non-hydrogen) atoms. The standard InChI is InChI=1S/C23H25ClN2O2S/c1-15-21(13-25-12-17-6-10-20(29-3)11-7-17)22(23(27)28)16(2)26(15)14-18-4-8-19(24)9-5-18/h4-11,25H,12-14H2,1-3H3,(H,27,28). The molecule has 3 aromatic rings. The van der Waals surface area contributed by atoms with Crippen LogP contribution >= 0.6 is 23.4 Å². The number of hydrogen-bond acceptors (Lipinski definition) is 3. The van der Waals surface area contributed by atoms with Crippen molar-refractivity contribution in [1.29, 1.82) is 0 Å². The number of rotatable bonds is 8. The Bertz CT molecular complexity index is 995. The number of aromatic carboxylic acids is 1. The van der Waals surface area contributed by atoms with Crippen LogP contribution in [0.3, 0.4) is 0 Å². The minimum Gasteiger partial charge on any atom is -0.478 e. The first-order chi connectivity index (χ1) is 13.9. The van der Waals surface area contributed by atoms with Crippen molar-refractivity contribution in [2.24, 2.45) is 0 Å². The van der Waals surface area contributed by atoms with Gasteiger partial charge in [0.15, 0.2) is 0 Å². The van der Waals surface area contributed by atoms with E-state index in [0.717, 1.165) is 22.5 Å². The number of benzene rings is 2. The van der Waals surface area contributed by atoms with Crippen molar-refractivity contribution < 1.29 is 9.90 Å². The number of thioether (sulfide) groups is 1. The van der Waals surface area contributed by atoms with Crippen molar-refractivity contribution in [3.8, 4) is 0 Å². The van der Waals surface area contributed by atoms with E-state index >= 15 is 0 Å². The first kappa shape index (κ1) is 21.5. The lowest BCUT2D eigenvalue weighted by Crippen LogP contribution is -2.15. The Morgan fingerprint density at radius 3 is 2.21 bits per heavy atom. The molecule has 0 aliphatic carbocycles. The molecule has 0 unspecified atom stereocenters. The van der Waals surface area contributed by atoms with E-state index in [0.29, 0.717) is 30.2 Å². The van der Waals surface area contributed by atoms with Gasteiger partial charge in [-0.25, -0.2) is 4.79 Å². The highest BCUT2D eigenvalue weighted by atomic mass is 35.5. The quantitative estimate of drug-likeness (QED) is 0.464. The van der Waals surface area contributed by atoms with E-state index in [4.69, 9.17) is 11.6 Å². The van der Waals surface area contributed by atoms with Gasteiger partial charge >= 0.3 is 5.97 Å². The van der Waals surface area contributed by atoms with Gasteiger partial charge in [-0.1, -0.05) is 35.9 Å². The zero-order valence-corrected chi connectivity index (χ0v) is 18.4. The summed E-state index contributed by atoms with van der Waals surface area (Å²) in [5.41, 5.74) is 5.23. The third-order valence-electron chi connectivity index (χ3n) is 5.17. The topological polar surface area (TPSA) is 54.3 Å². The summed E-state index contributed by atoms with van der Waals surface area (Å²) in [5, 5.41) is 13.9. The molecule has 4 nitrogen and oxygen atoms in total. The maximum atomic E-state index is 11.9. The summed E-state index contributed by atoms with van der Waals surface area (Å²) in [6, 6.07) is 16.0. The van der Waals surface area contributed by atoms with Gasteiger partial charge in [0, 0.05) is 46.5 Å². The van der Waals surface area contributed by atoms with Crippen LogP contribution in [-0.2, 0) is 19.6 Å². The highest BCUT2D eigenvalue weighted by Crippen LogP contribution is 2.24. The molecule has 0 spiro atoms. The molecule has 152 valence electrons. The summed E-state index contributed by atoms with van der Waals surface area (Å²) < 4.78 is 2.07. The van der Waals surface area contributed by atoms with Crippen LogP contribution in [0.2, 0.25) is 5.02 Å². The van der Waals surface area contributed by atoms with Gasteiger partial charge in [0.05, 0.1) is 5.56 Å². The molecule has 1 heterocycles. The second-order valence-electron chi connectivity index (χ2n) is 6.99. The predicted octanol–water partition coefficient (Wildman–Crippen LogP) is 5.52. The van der Waals surface area contributed by atoms with Gasteiger partial charge < -0.3 is 15.0 Å². The Hall–Kier alpha value is -2.21. The van der Waals surface area contributed by atoms with Gasteiger partial charge in [0.2, 0.25) is 0 Å². The summed E-state index contributed by atoms with van der Waals surface area (Å²) in [6.45, 7) is 5.67. The Labute approximate surface area is 180 Å².